The summed E-state index contributed by atoms with van der Waals surface area (Å²) >= 11 is 0. The lowest BCUT2D eigenvalue weighted by Gasteiger charge is -2.35. The van der Waals surface area contributed by atoms with E-state index in [-0.39, 0.29) is 23.0 Å². The van der Waals surface area contributed by atoms with Crippen molar-refractivity contribution in [2.24, 2.45) is 17.8 Å². The third-order valence-electron chi connectivity index (χ3n) is 4.39. The van der Waals surface area contributed by atoms with Crippen LogP contribution in [0.25, 0.3) is 0 Å². The van der Waals surface area contributed by atoms with Crippen molar-refractivity contribution >= 4 is 5.78 Å². The van der Waals surface area contributed by atoms with Gasteiger partial charge in [-0.2, -0.15) is 0 Å². The summed E-state index contributed by atoms with van der Waals surface area (Å²) in [5.74, 6) is 1.14. The van der Waals surface area contributed by atoms with E-state index >= 15 is 0 Å². The SMILES string of the molecule is CC(C(=O)C1CC(C)(C)OC1(C)C)C1CNC1. The topological polar surface area (TPSA) is 38.3 Å². The minimum atomic E-state index is -0.313. The van der Waals surface area contributed by atoms with Gasteiger partial charge in [-0.15, -0.1) is 0 Å². The summed E-state index contributed by atoms with van der Waals surface area (Å²) in [5.41, 5.74) is -0.479. The van der Waals surface area contributed by atoms with E-state index < -0.39 is 0 Å². The van der Waals surface area contributed by atoms with Crippen LogP contribution in [0.4, 0.5) is 0 Å². The van der Waals surface area contributed by atoms with Crippen molar-refractivity contribution in [2.45, 2.75) is 52.2 Å². The highest BCUT2D eigenvalue weighted by Gasteiger charge is 2.50. The molecule has 2 fully saturated rings. The maximum atomic E-state index is 12.6. The van der Waals surface area contributed by atoms with Gasteiger partial charge in [0.2, 0.25) is 0 Å². The summed E-state index contributed by atoms with van der Waals surface area (Å²) in [6.45, 7) is 12.3. The fourth-order valence-corrected chi connectivity index (χ4v) is 3.22. The molecule has 2 heterocycles. The summed E-state index contributed by atoms with van der Waals surface area (Å²) in [5, 5.41) is 3.24. The Morgan fingerprint density at radius 3 is 2.24 bits per heavy atom. The van der Waals surface area contributed by atoms with Crippen molar-refractivity contribution in [3.8, 4) is 0 Å². The molecule has 2 unspecified atom stereocenters. The van der Waals surface area contributed by atoms with Gasteiger partial charge in [-0.25, -0.2) is 0 Å². The molecule has 2 saturated heterocycles. The van der Waals surface area contributed by atoms with Crippen molar-refractivity contribution in [2.75, 3.05) is 13.1 Å². The van der Waals surface area contributed by atoms with Crippen LogP contribution >= 0.6 is 0 Å². The van der Waals surface area contributed by atoms with Crippen LogP contribution in [-0.2, 0) is 9.53 Å². The molecule has 0 aromatic heterocycles. The van der Waals surface area contributed by atoms with Crippen LogP contribution in [0.5, 0.6) is 0 Å². The number of ether oxygens (including phenoxy) is 1. The average Bonchev–Trinajstić information content (AvgIpc) is 2.29. The Kier molecular flexibility index (Phi) is 3.11. The molecule has 0 aromatic carbocycles. The second-order valence-electron chi connectivity index (χ2n) is 6.83. The summed E-state index contributed by atoms with van der Waals surface area (Å²) in [4.78, 5) is 12.6. The summed E-state index contributed by atoms with van der Waals surface area (Å²) in [6.07, 6.45) is 0.851. The van der Waals surface area contributed by atoms with Gasteiger partial charge in [0.15, 0.2) is 0 Å². The van der Waals surface area contributed by atoms with Crippen LogP contribution in [-0.4, -0.2) is 30.1 Å². The molecule has 3 heteroatoms. The number of hydrogen-bond acceptors (Lipinski definition) is 3. The van der Waals surface area contributed by atoms with E-state index in [1.54, 1.807) is 0 Å². The molecule has 0 bridgehead atoms. The zero-order valence-corrected chi connectivity index (χ0v) is 11.7. The number of ketones is 1. The van der Waals surface area contributed by atoms with Gasteiger partial charge in [0, 0.05) is 11.8 Å². The van der Waals surface area contributed by atoms with E-state index in [1.807, 2.05) is 0 Å². The van der Waals surface area contributed by atoms with Crippen molar-refractivity contribution < 1.29 is 9.53 Å². The highest BCUT2D eigenvalue weighted by molar-refractivity contribution is 5.85. The van der Waals surface area contributed by atoms with Gasteiger partial charge < -0.3 is 10.1 Å². The summed E-state index contributed by atoms with van der Waals surface area (Å²) in [6, 6.07) is 0. The Hall–Kier alpha value is -0.410. The van der Waals surface area contributed by atoms with Crippen LogP contribution in [0.3, 0.4) is 0 Å². The van der Waals surface area contributed by atoms with E-state index in [0.29, 0.717) is 11.7 Å². The first kappa shape index (κ1) is 13.0. The van der Waals surface area contributed by atoms with Gasteiger partial charge >= 0.3 is 0 Å². The number of carbonyl (C=O) groups is 1. The van der Waals surface area contributed by atoms with Crippen molar-refractivity contribution in [3.05, 3.63) is 0 Å². The molecule has 1 N–H and O–H groups in total. The molecule has 2 atom stereocenters. The Balaban J connectivity index is 2.08. The number of hydrogen-bond donors (Lipinski definition) is 1. The fraction of sp³-hybridized carbons (Fsp3) is 0.929. The Morgan fingerprint density at radius 2 is 1.88 bits per heavy atom. The third kappa shape index (κ3) is 2.41. The molecule has 0 amide bonds. The molecular weight excluding hydrogens is 214 g/mol. The van der Waals surface area contributed by atoms with E-state index in [0.717, 1.165) is 19.5 Å². The molecular formula is C14H25NO2. The minimum absolute atomic E-state index is 0.0492. The largest absolute Gasteiger partial charge is 0.369 e. The number of Topliss-reactive ketones (excluding diaryl/α,β-unsaturated/α-hetero) is 1. The van der Waals surface area contributed by atoms with E-state index in [2.05, 4.69) is 39.9 Å². The Labute approximate surface area is 104 Å². The second kappa shape index (κ2) is 4.06. The van der Waals surface area contributed by atoms with Crippen LogP contribution in [0, 0.1) is 17.8 Å². The zero-order valence-electron chi connectivity index (χ0n) is 11.7. The monoisotopic (exact) mass is 239 g/mol. The highest BCUT2D eigenvalue weighted by Crippen LogP contribution is 2.44. The number of nitrogens with one attached hydrogen (secondary N) is 1. The molecule has 0 saturated carbocycles. The van der Waals surface area contributed by atoms with Gasteiger partial charge in [-0.05, 0) is 53.1 Å². The lowest BCUT2D eigenvalue weighted by atomic mass is 9.75. The molecule has 0 spiro atoms. The van der Waals surface area contributed by atoms with Gasteiger partial charge in [0.1, 0.15) is 5.78 Å². The molecule has 2 rings (SSSR count). The average molecular weight is 239 g/mol. The van der Waals surface area contributed by atoms with Crippen LogP contribution < -0.4 is 5.32 Å². The zero-order chi connectivity index (χ0) is 12.8. The van der Waals surface area contributed by atoms with Gasteiger partial charge in [0.25, 0.3) is 0 Å². The molecule has 3 nitrogen and oxygen atoms in total. The Morgan fingerprint density at radius 1 is 1.29 bits per heavy atom. The maximum absolute atomic E-state index is 12.6. The van der Waals surface area contributed by atoms with Crippen LogP contribution in [0.15, 0.2) is 0 Å². The first-order valence-corrected chi connectivity index (χ1v) is 6.67. The predicted molar refractivity (Wildman–Crippen MR) is 67.9 cm³/mol. The summed E-state index contributed by atoms with van der Waals surface area (Å²) in [7, 11) is 0. The molecule has 98 valence electrons. The fourth-order valence-electron chi connectivity index (χ4n) is 3.22. The minimum Gasteiger partial charge on any atom is -0.369 e. The molecule has 17 heavy (non-hydrogen) atoms. The quantitative estimate of drug-likeness (QED) is 0.818. The summed E-state index contributed by atoms with van der Waals surface area (Å²) < 4.78 is 6.01. The first-order chi connectivity index (χ1) is 7.73. The maximum Gasteiger partial charge on any atom is 0.142 e. The van der Waals surface area contributed by atoms with Gasteiger partial charge in [-0.3, -0.25) is 4.79 Å². The predicted octanol–water partition coefficient (Wildman–Crippen LogP) is 2.00. The number of rotatable bonds is 3. The number of carbonyl (C=O) groups excluding carboxylic acids is 1. The van der Waals surface area contributed by atoms with Gasteiger partial charge in [-0.1, -0.05) is 6.92 Å². The first-order valence-electron chi connectivity index (χ1n) is 6.67. The third-order valence-corrected chi connectivity index (χ3v) is 4.39. The molecule has 0 aromatic rings. The van der Waals surface area contributed by atoms with E-state index in [4.69, 9.17) is 4.74 Å². The molecule has 2 aliphatic rings. The van der Waals surface area contributed by atoms with Crippen LogP contribution in [0.1, 0.15) is 41.0 Å². The van der Waals surface area contributed by atoms with E-state index in [1.165, 1.54) is 0 Å². The van der Waals surface area contributed by atoms with Crippen molar-refractivity contribution in [1.82, 2.24) is 5.32 Å². The normalized spacial score (nSPS) is 33.1. The van der Waals surface area contributed by atoms with Crippen molar-refractivity contribution in [1.29, 1.82) is 0 Å². The van der Waals surface area contributed by atoms with E-state index in [9.17, 15) is 4.79 Å². The second-order valence-corrected chi connectivity index (χ2v) is 6.83. The highest BCUT2D eigenvalue weighted by atomic mass is 16.5. The molecule has 2 aliphatic heterocycles. The lowest BCUT2D eigenvalue weighted by Crippen LogP contribution is -2.49. The molecule has 0 radical (unpaired) electrons. The van der Waals surface area contributed by atoms with Crippen molar-refractivity contribution in [3.63, 3.8) is 0 Å². The smallest absolute Gasteiger partial charge is 0.142 e. The van der Waals surface area contributed by atoms with Crippen LogP contribution in [0.2, 0.25) is 0 Å². The lowest BCUT2D eigenvalue weighted by molar-refractivity contribution is -0.135. The standard InChI is InChI=1S/C14H25NO2/c1-9(10-7-15-8-10)12(16)11-6-13(2,3)17-14(11,4)5/h9-11,15H,6-8H2,1-5H3. The molecule has 0 aliphatic carbocycles. The van der Waals surface area contributed by atoms with Gasteiger partial charge in [0.05, 0.1) is 11.2 Å². The Bertz CT molecular complexity index is 318.